The number of nitrogen functional groups attached to an aromatic ring is 1. The Morgan fingerprint density at radius 2 is 2.11 bits per heavy atom. The number of amides is 1. The Bertz CT molecular complexity index is 605. The van der Waals surface area contributed by atoms with Gasteiger partial charge in [-0.3, -0.25) is 4.79 Å². The Morgan fingerprint density at radius 3 is 2.68 bits per heavy atom. The molecule has 4 N–H and O–H groups in total. The first-order valence-electron chi connectivity index (χ1n) is 5.15. The number of nitrogens with two attached hydrogens (primary N) is 1. The lowest BCUT2D eigenvalue weighted by atomic mass is 10.3. The fourth-order valence-corrected chi connectivity index (χ4v) is 2.20. The summed E-state index contributed by atoms with van der Waals surface area (Å²) < 4.78 is 0.985. The number of benzene rings is 1. The van der Waals surface area contributed by atoms with Crippen LogP contribution >= 0.6 is 34.2 Å². The zero-order valence-electron chi connectivity index (χ0n) is 9.52. The molecule has 1 amide bonds. The minimum Gasteiger partial charge on any atom is -0.319 e. The van der Waals surface area contributed by atoms with Crippen molar-refractivity contribution >= 4 is 51.6 Å². The average Bonchev–Trinajstić information content (AvgIpc) is 2.42. The molecular weight excluding hydrogens is 381 g/mol. The summed E-state index contributed by atoms with van der Waals surface area (Å²) in [4.78, 5) is 19.8. The lowest BCUT2D eigenvalue weighted by Gasteiger charge is -2.07. The summed E-state index contributed by atoms with van der Waals surface area (Å²) in [6.45, 7) is 0. The maximum absolute atomic E-state index is 11.9. The molecule has 98 valence electrons. The molecule has 0 unspecified atom stereocenters. The van der Waals surface area contributed by atoms with E-state index in [-0.39, 0.29) is 11.6 Å². The van der Waals surface area contributed by atoms with Crippen LogP contribution in [0, 0.1) is 3.57 Å². The van der Waals surface area contributed by atoms with Gasteiger partial charge >= 0.3 is 0 Å². The van der Waals surface area contributed by atoms with Crippen molar-refractivity contribution in [2.45, 2.75) is 0 Å². The van der Waals surface area contributed by atoms with Gasteiger partial charge in [0, 0.05) is 3.57 Å². The number of anilines is 2. The SMILES string of the molecule is NNc1cnc(C(=O)Nc2ccc(I)cc2Cl)cn1. The molecule has 0 aliphatic heterocycles. The van der Waals surface area contributed by atoms with Gasteiger partial charge in [0.1, 0.15) is 5.69 Å². The molecule has 0 aliphatic carbocycles. The molecule has 0 saturated carbocycles. The highest BCUT2D eigenvalue weighted by Crippen LogP contribution is 2.24. The largest absolute Gasteiger partial charge is 0.319 e. The van der Waals surface area contributed by atoms with Gasteiger partial charge in [-0.25, -0.2) is 15.8 Å². The molecule has 2 rings (SSSR count). The smallest absolute Gasteiger partial charge is 0.275 e. The highest BCUT2D eigenvalue weighted by Gasteiger charge is 2.10. The van der Waals surface area contributed by atoms with Crippen molar-refractivity contribution in [1.29, 1.82) is 0 Å². The second-order valence-electron chi connectivity index (χ2n) is 3.51. The van der Waals surface area contributed by atoms with Crippen molar-refractivity contribution in [2.75, 3.05) is 10.7 Å². The standard InChI is InChI=1S/C11H9ClIN5O/c12-7-3-6(13)1-2-8(7)17-11(19)9-4-16-10(18-14)5-15-9/h1-5H,14H2,(H,16,18)(H,17,19). The first-order chi connectivity index (χ1) is 9.10. The Morgan fingerprint density at radius 1 is 1.32 bits per heavy atom. The zero-order chi connectivity index (χ0) is 13.8. The molecule has 0 bridgehead atoms. The molecule has 8 heteroatoms. The van der Waals surface area contributed by atoms with Gasteiger partial charge in [-0.2, -0.15) is 0 Å². The van der Waals surface area contributed by atoms with Crippen LogP contribution in [0.3, 0.4) is 0 Å². The van der Waals surface area contributed by atoms with Crippen molar-refractivity contribution in [3.63, 3.8) is 0 Å². The number of halogens is 2. The number of aromatic nitrogens is 2. The molecule has 0 saturated heterocycles. The minimum atomic E-state index is -0.390. The molecular formula is C11H9ClIN5O. The van der Waals surface area contributed by atoms with E-state index < -0.39 is 0 Å². The molecule has 0 spiro atoms. The van der Waals surface area contributed by atoms with Gasteiger partial charge in [0.2, 0.25) is 0 Å². The van der Waals surface area contributed by atoms with Gasteiger partial charge < -0.3 is 10.7 Å². The minimum absolute atomic E-state index is 0.175. The summed E-state index contributed by atoms with van der Waals surface area (Å²) in [7, 11) is 0. The van der Waals surface area contributed by atoms with Gasteiger partial charge in [0.05, 0.1) is 23.1 Å². The third-order valence-electron chi connectivity index (χ3n) is 2.21. The molecule has 1 aromatic carbocycles. The number of nitrogens with zero attached hydrogens (tertiary/aromatic N) is 2. The summed E-state index contributed by atoms with van der Waals surface area (Å²) in [5.41, 5.74) is 3.03. The van der Waals surface area contributed by atoms with Gasteiger partial charge in [0.15, 0.2) is 5.82 Å². The van der Waals surface area contributed by atoms with Crippen LogP contribution in [0.4, 0.5) is 11.5 Å². The van der Waals surface area contributed by atoms with E-state index in [1.54, 1.807) is 12.1 Å². The maximum atomic E-state index is 11.9. The average molecular weight is 390 g/mol. The molecule has 0 atom stereocenters. The van der Waals surface area contributed by atoms with Crippen LogP contribution in [0.25, 0.3) is 0 Å². The zero-order valence-corrected chi connectivity index (χ0v) is 12.4. The summed E-state index contributed by atoms with van der Waals surface area (Å²) in [5, 5.41) is 3.13. The van der Waals surface area contributed by atoms with Crippen LogP contribution in [0.5, 0.6) is 0 Å². The highest BCUT2D eigenvalue weighted by molar-refractivity contribution is 14.1. The number of carbonyl (C=O) groups is 1. The molecule has 6 nitrogen and oxygen atoms in total. The summed E-state index contributed by atoms with van der Waals surface area (Å²) >= 11 is 8.16. The van der Waals surface area contributed by atoms with Crippen LogP contribution in [0.1, 0.15) is 10.5 Å². The summed E-state index contributed by atoms with van der Waals surface area (Å²) in [6.07, 6.45) is 2.69. The number of hydrogen-bond acceptors (Lipinski definition) is 5. The fraction of sp³-hybridized carbons (Fsp3) is 0. The van der Waals surface area contributed by atoms with E-state index >= 15 is 0 Å². The van der Waals surface area contributed by atoms with E-state index in [2.05, 4.69) is 43.3 Å². The third kappa shape index (κ3) is 3.52. The molecule has 0 radical (unpaired) electrons. The van der Waals surface area contributed by atoms with Crippen molar-refractivity contribution in [1.82, 2.24) is 9.97 Å². The first-order valence-corrected chi connectivity index (χ1v) is 6.61. The van der Waals surface area contributed by atoms with Crippen molar-refractivity contribution in [2.24, 2.45) is 5.84 Å². The number of nitrogens with one attached hydrogen (secondary N) is 2. The maximum Gasteiger partial charge on any atom is 0.275 e. The van der Waals surface area contributed by atoms with Crippen LogP contribution in [0.2, 0.25) is 5.02 Å². The van der Waals surface area contributed by atoms with E-state index in [0.717, 1.165) is 3.57 Å². The Balaban J connectivity index is 2.15. The second kappa shape index (κ2) is 6.13. The monoisotopic (exact) mass is 389 g/mol. The first kappa shape index (κ1) is 14.0. The summed E-state index contributed by atoms with van der Waals surface area (Å²) in [5.74, 6) is 5.15. The lowest BCUT2D eigenvalue weighted by molar-refractivity contribution is 0.102. The normalized spacial score (nSPS) is 10.1. The number of rotatable bonds is 3. The molecule has 0 aliphatic rings. The number of hydrogen-bond donors (Lipinski definition) is 3. The van der Waals surface area contributed by atoms with Crippen molar-refractivity contribution in [3.05, 3.63) is 44.9 Å². The predicted molar refractivity (Wildman–Crippen MR) is 82.0 cm³/mol. The van der Waals surface area contributed by atoms with E-state index in [1.165, 1.54) is 12.4 Å². The van der Waals surface area contributed by atoms with Gasteiger partial charge in [-0.05, 0) is 40.8 Å². The van der Waals surface area contributed by atoms with Crippen LogP contribution in [-0.4, -0.2) is 15.9 Å². The second-order valence-corrected chi connectivity index (χ2v) is 5.16. The topological polar surface area (TPSA) is 92.9 Å². The molecule has 2 aromatic rings. The van der Waals surface area contributed by atoms with E-state index in [9.17, 15) is 4.79 Å². The van der Waals surface area contributed by atoms with Crippen molar-refractivity contribution in [3.8, 4) is 0 Å². The van der Waals surface area contributed by atoms with Crippen LogP contribution < -0.4 is 16.6 Å². The van der Waals surface area contributed by atoms with Crippen LogP contribution in [0.15, 0.2) is 30.6 Å². The van der Waals surface area contributed by atoms with Gasteiger partial charge in [-0.1, -0.05) is 11.6 Å². The van der Waals surface area contributed by atoms with Gasteiger partial charge in [-0.15, -0.1) is 0 Å². The lowest BCUT2D eigenvalue weighted by Crippen LogP contribution is -2.15. The van der Waals surface area contributed by atoms with Crippen LogP contribution in [-0.2, 0) is 0 Å². The fourth-order valence-electron chi connectivity index (χ4n) is 1.30. The third-order valence-corrected chi connectivity index (χ3v) is 3.20. The molecule has 1 heterocycles. The predicted octanol–water partition coefficient (Wildman–Crippen LogP) is 2.27. The van der Waals surface area contributed by atoms with E-state index in [1.807, 2.05) is 6.07 Å². The Labute approximate surface area is 127 Å². The Hall–Kier alpha value is -1.45. The number of hydrazine groups is 1. The van der Waals surface area contributed by atoms with E-state index in [4.69, 9.17) is 17.4 Å². The van der Waals surface area contributed by atoms with Crippen molar-refractivity contribution < 1.29 is 4.79 Å². The van der Waals surface area contributed by atoms with Gasteiger partial charge in [0.25, 0.3) is 5.91 Å². The molecule has 19 heavy (non-hydrogen) atoms. The highest BCUT2D eigenvalue weighted by atomic mass is 127. The number of carbonyl (C=O) groups excluding carboxylic acids is 1. The Kier molecular flexibility index (Phi) is 4.51. The quantitative estimate of drug-likeness (QED) is 0.425. The molecule has 0 fully saturated rings. The molecule has 1 aromatic heterocycles. The summed E-state index contributed by atoms with van der Waals surface area (Å²) in [6, 6.07) is 5.32. The van der Waals surface area contributed by atoms with E-state index in [0.29, 0.717) is 16.5 Å².